The molecule has 17 heavy (non-hydrogen) atoms. The summed E-state index contributed by atoms with van der Waals surface area (Å²) in [5.41, 5.74) is 0.750. The highest BCUT2D eigenvalue weighted by molar-refractivity contribution is 5.81. The maximum Gasteiger partial charge on any atom is 0.137 e. The first-order valence-electron chi connectivity index (χ1n) is 7.18. The molecule has 0 aliphatic heterocycles. The smallest absolute Gasteiger partial charge is 0.137 e. The summed E-state index contributed by atoms with van der Waals surface area (Å²) in [7, 11) is 0. The largest absolute Gasteiger partial charge is 0.299 e. The predicted octanol–water partition coefficient (Wildman–Crippen LogP) is 4.95. The fraction of sp³-hybridized carbons (Fsp3) is 0.938. The van der Waals surface area contributed by atoms with E-state index in [-0.39, 0.29) is 11.8 Å². The molecule has 1 saturated carbocycles. The molecule has 1 heteroatoms. The molecule has 0 heterocycles. The van der Waals surface area contributed by atoms with Gasteiger partial charge in [0.25, 0.3) is 0 Å². The maximum absolute atomic E-state index is 10.8. The minimum atomic E-state index is 0.204. The van der Waals surface area contributed by atoms with Gasteiger partial charge in [-0.2, -0.15) is 0 Å². The van der Waals surface area contributed by atoms with Crippen LogP contribution in [0, 0.1) is 29.1 Å². The van der Waals surface area contributed by atoms with Gasteiger partial charge in [0.15, 0.2) is 0 Å². The van der Waals surface area contributed by atoms with Crippen LogP contribution in [0.3, 0.4) is 0 Å². The zero-order valence-electron chi connectivity index (χ0n) is 13.1. The van der Waals surface area contributed by atoms with Gasteiger partial charge in [0.05, 0.1) is 0 Å². The molecular formula is C16H32O. The Morgan fingerprint density at radius 1 is 0.765 bits per heavy atom. The lowest BCUT2D eigenvalue weighted by Crippen LogP contribution is -2.16. The highest BCUT2D eigenvalue weighted by Crippen LogP contribution is 2.57. The second-order valence-corrected chi connectivity index (χ2v) is 6.75. The van der Waals surface area contributed by atoms with Gasteiger partial charge in [-0.25, -0.2) is 0 Å². The highest BCUT2D eigenvalue weighted by Gasteiger charge is 2.47. The summed E-state index contributed by atoms with van der Waals surface area (Å²) >= 11 is 0. The topological polar surface area (TPSA) is 17.1 Å². The molecule has 0 aromatic rings. The summed E-state index contributed by atoms with van der Waals surface area (Å²) in [4.78, 5) is 10.8. The van der Waals surface area contributed by atoms with E-state index in [2.05, 4.69) is 27.7 Å². The number of hydrogen-bond acceptors (Lipinski definition) is 1. The van der Waals surface area contributed by atoms with Crippen molar-refractivity contribution in [1.82, 2.24) is 0 Å². The number of rotatable bonds is 4. The monoisotopic (exact) mass is 240 g/mol. The molecule has 0 aromatic carbocycles. The third-order valence-electron chi connectivity index (χ3n) is 4.27. The Morgan fingerprint density at radius 2 is 1.06 bits per heavy atom. The molecule has 0 saturated heterocycles. The molecule has 0 unspecified atom stereocenters. The molecule has 1 fully saturated rings. The second kappa shape index (κ2) is 6.56. The lowest BCUT2D eigenvalue weighted by atomic mass is 9.82. The summed E-state index contributed by atoms with van der Waals surface area (Å²) in [6, 6.07) is 0. The molecule has 1 nitrogen and oxygen atoms in total. The average molecular weight is 240 g/mol. The molecule has 0 bridgehead atoms. The Labute approximate surface area is 108 Å². The molecule has 1 rings (SSSR count). The summed E-state index contributed by atoms with van der Waals surface area (Å²) in [6.45, 7) is 17.1. The number of hydrogen-bond donors (Lipinski definition) is 0. The van der Waals surface area contributed by atoms with Crippen molar-refractivity contribution in [3.63, 3.8) is 0 Å². The number of carbonyl (C=O) groups excluding carboxylic acids is 1. The van der Waals surface area contributed by atoms with E-state index in [1.54, 1.807) is 0 Å². The van der Waals surface area contributed by atoms with Gasteiger partial charge in [-0.15, -0.1) is 0 Å². The van der Waals surface area contributed by atoms with Crippen LogP contribution in [0.25, 0.3) is 0 Å². The van der Waals surface area contributed by atoms with E-state index in [1.807, 2.05) is 27.7 Å². The zero-order valence-corrected chi connectivity index (χ0v) is 13.1. The summed E-state index contributed by atoms with van der Waals surface area (Å²) < 4.78 is 0. The normalized spacial score (nSPS) is 17.4. The molecule has 0 amide bonds. The van der Waals surface area contributed by atoms with Crippen molar-refractivity contribution in [2.75, 3.05) is 0 Å². The molecule has 0 spiro atoms. The Morgan fingerprint density at radius 3 is 1.06 bits per heavy atom. The zero-order chi connectivity index (χ0) is 13.8. The molecule has 1 aliphatic rings. The standard InChI is InChI=1S/C9H18.C7H14O/c1-7(2)9(5-6-9)8(3)4;1-5(2)7(8)6(3)4/h7-8H,5-6H2,1-4H3;5-6H,1-4H3. The summed E-state index contributed by atoms with van der Waals surface area (Å²) in [5.74, 6) is 2.56. The lowest BCUT2D eigenvalue weighted by molar-refractivity contribution is -0.124. The molecule has 102 valence electrons. The fourth-order valence-electron chi connectivity index (χ4n) is 2.63. The number of ketones is 1. The maximum atomic E-state index is 10.8. The van der Waals surface area contributed by atoms with Crippen molar-refractivity contribution in [3.8, 4) is 0 Å². The Hall–Kier alpha value is -0.330. The van der Waals surface area contributed by atoms with Gasteiger partial charge in [-0.1, -0.05) is 55.4 Å². The minimum absolute atomic E-state index is 0.204. The fourth-order valence-corrected chi connectivity index (χ4v) is 2.63. The van der Waals surface area contributed by atoms with Crippen LogP contribution >= 0.6 is 0 Å². The van der Waals surface area contributed by atoms with Gasteiger partial charge < -0.3 is 0 Å². The van der Waals surface area contributed by atoms with E-state index in [9.17, 15) is 4.79 Å². The first-order valence-corrected chi connectivity index (χ1v) is 7.18. The van der Waals surface area contributed by atoms with E-state index in [4.69, 9.17) is 0 Å². The SMILES string of the molecule is CC(C)C(=O)C(C)C.CC(C)C1(C(C)C)CC1. The van der Waals surface area contributed by atoms with Crippen molar-refractivity contribution in [3.05, 3.63) is 0 Å². The van der Waals surface area contributed by atoms with Crippen molar-refractivity contribution < 1.29 is 4.79 Å². The summed E-state index contributed by atoms with van der Waals surface area (Å²) in [6.07, 6.45) is 2.95. The molecule has 1 aliphatic carbocycles. The molecule has 0 atom stereocenters. The van der Waals surface area contributed by atoms with Crippen LogP contribution in [0.2, 0.25) is 0 Å². The van der Waals surface area contributed by atoms with Gasteiger partial charge in [0, 0.05) is 11.8 Å². The van der Waals surface area contributed by atoms with E-state index in [1.165, 1.54) is 12.8 Å². The minimum Gasteiger partial charge on any atom is -0.299 e. The molecule has 0 aromatic heterocycles. The van der Waals surface area contributed by atoms with E-state index >= 15 is 0 Å². The van der Waals surface area contributed by atoms with Gasteiger partial charge in [-0.05, 0) is 30.1 Å². The average Bonchev–Trinajstić information content (AvgIpc) is 2.97. The Kier molecular flexibility index (Phi) is 6.43. The summed E-state index contributed by atoms with van der Waals surface area (Å²) in [5, 5.41) is 0. The second-order valence-electron chi connectivity index (χ2n) is 6.75. The van der Waals surface area contributed by atoms with Crippen LogP contribution in [-0.4, -0.2) is 5.78 Å². The lowest BCUT2D eigenvalue weighted by Gasteiger charge is -2.23. The van der Waals surface area contributed by atoms with Gasteiger partial charge >= 0.3 is 0 Å². The van der Waals surface area contributed by atoms with Gasteiger partial charge in [-0.3, -0.25) is 4.79 Å². The van der Waals surface area contributed by atoms with Crippen LogP contribution in [0.15, 0.2) is 0 Å². The molecule has 0 N–H and O–H groups in total. The predicted molar refractivity (Wildman–Crippen MR) is 76.0 cm³/mol. The highest BCUT2D eigenvalue weighted by atomic mass is 16.1. The van der Waals surface area contributed by atoms with Crippen molar-refractivity contribution in [2.45, 2.75) is 68.2 Å². The quantitative estimate of drug-likeness (QED) is 0.680. The number of Topliss-reactive ketones (excluding diaryl/α,β-unsaturated/α-hetero) is 1. The molecular weight excluding hydrogens is 208 g/mol. The third-order valence-corrected chi connectivity index (χ3v) is 4.27. The van der Waals surface area contributed by atoms with Crippen LogP contribution in [-0.2, 0) is 4.79 Å². The van der Waals surface area contributed by atoms with E-state index in [0.717, 1.165) is 17.3 Å². The van der Waals surface area contributed by atoms with E-state index < -0.39 is 0 Å². The van der Waals surface area contributed by atoms with E-state index in [0.29, 0.717) is 5.78 Å². The number of carbonyl (C=O) groups is 1. The Balaban J connectivity index is 0.000000304. The third kappa shape index (κ3) is 4.81. The van der Waals surface area contributed by atoms with Gasteiger partial charge in [0.1, 0.15) is 5.78 Å². The van der Waals surface area contributed by atoms with Crippen molar-refractivity contribution in [2.24, 2.45) is 29.1 Å². The van der Waals surface area contributed by atoms with Crippen molar-refractivity contribution in [1.29, 1.82) is 0 Å². The van der Waals surface area contributed by atoms with Crippen LogP contribution < -0.4 is 0 Å². The van der Waals surface area contributed by atoms with Crippen LogP contribution in [0.1, 0.15) is 68.2 Å². The van der Waals surface area contributed by atoms with Gasteiger partial charge in [0.2, 0.25) is 0 Å². The first kappa shape index (κ1) is 16.7. The molecule has 0 radical (unpaired) electrons. The van der Waals surface area contributed by atoms with Crippen LogP contribution in [0.4, 0.5) is 0 Å². The Bertz CT molecular complexity index is 212. The first-order chi connectivity index (χ1) is 7.65. The van der Waals surface area contributed by atoms with Crippen LogP contribution in [0.5, 0.6) is 0 Å². The van der Waals surface area contributed by atoms with Crippen molar-refractivity contribution >= 4 is 5.78 Å².